The second kappa shape index (κ2) is 11.4. The molecule has 5 rings (SSSR count). The van der Waals surface area contributed by atoms with E-state index in [4.69, 9.17) is 19.6 Å². The summed E-state index contributed by atoms with van der Waals surface area (Å²) in [5.74, 6) is 9.06. The van der Waals surface area contributed by atoms with Crippen LogP contribution in [0.1, 0.15) is 50.2 Å². The number of hydrazine groups is 1. The molecule has 0 aromatic carbocycles. The van der Waals surface area contributed by atoms with E-state index in [1.165, 1.54) is 6.42 Å². The minimum atomic E-state index is -1.12. The predicted octanol–water partition coefficient (Wildman–Crippen LogP) is 4.02. The number of nitrogens with one attached hydrogen (secondary N) is 1. The fraction of sp³-hybridized carbons (Fsp3) is 0.643. The third kappa shape index (κ3) is 6.41. The number of hydrogen-bond donors (Lipinski definition) is 2. The molecular weight excluding hydrogens is 496 g/mol. The van der Waals surface area contributed by atoms with Gasteiger partial charge < -0.3 is 19.5 Å². The van der Waals surface area contributed by atoms with Crippen LogP contribution in [0.15, 0.2) is 18.3 Å². The van der Waals surface area contributed by atoms with Crippen LogP contribution in [0.5, 0.6) is 0 Å². The molecule has 2 aliphatic heterocycles. The zero-order valence-electron chi connectivity index (χ0n) is 23.3. The lowest BCUT2D eigenvalue weighted by atomic mass is 9.85. The normalized spacial score (nSPS) is 21.2. The van der Waals surface area contributed by atoms with Crippen LogP contribution in [0.4, 0.5) is 17.5 Å². The lowest BCUT2D eigenvalue weighted by Crippen LogP contribution is -2.44. The summed E-state index contributed by atoms with van der Waals surface area (Å²) in [7, 11) is -1.12. The largest absolute Gasteiger partial charge is 0.378 e. The van der Waals surface area contributed by atoms with Crippen LogP contribution >= 0.6 is 0 Å². The predicted molar refractivity (Wildman–Crippen MR) is 152 cm³/mol. The number of pyridine rings is 1. The molecule has 3 aliphatic rings. The van der Waals surface area contributed by atoms with E-state index in [0.717, 1.165) is 73.5 Å². The fourth-order valence-electron chi connectivity index (χ4n) is 5.18. The first-order chi connectivity index (χ1) is 18.2. The first-order valence-corrected chi connectivity index (χ1v) is 17.7. The first-order valence-electron chi connectivity index (χ1n) is 14.0. The van der Waals surface area contributed by atoms with E-state index in [1.54, 1.807) is 0 Å². The summed E-state index contributed by atoms with van der Waals surface area (Å²) in [6.45, 7) is 13.1. The average molecular weight is 539 g/mol. The number of nitrogens with zero attached hydrogens (tertiary/aromatic N) is 5. The zero-order valence-corrected chi connectivity index (χ0v) is 24.3. The topological polar surface area (TPSA) is 87.9 Å². The van der Waals surface area contributed by atoms with Crippen LogP contribution in [0.3, 0.4) is 0 Å². The van der Waals surface area contributed by atoms with Gasteiger partial charge in [0.05, 0.1) is 19.3 Å². The van der Waals surface area contributed by atoms with Gasteiger partial charge in [0, 0.05) is 51.2 Å². The Morgan fingerprint density at radius 2 is 2.05 bits per heavy atom. The summed E-state index contributed by atoms with van der Waals surface area (Å²) in [6, 6.07) is 5.41. The highest BCUT2D eigenvalue weighted by atomic mass is 28.3. The number of morpholine rings is 1. The SMILES string of the molecule is C[C@@H]1COCCN1c1cc(C#CC2(O)CCCCC2)c2c(n1)N(c1ccn(COCC[Si](C)(C)C)n1)NC2. The molecule has 2 aromatic heterocycles. The Morgan fingerprint density at radius 3 is 2.82 bits per heavy atom. The average Bonchev–Trinajstić information content (AvgIpc) is 3.52. The number of hydrogen-bond acceptors (Lipinski definition) is 8. The van der Waals surface area contributed by atoms with E-state index in [2.05, 4.69) is 54.8 Å². The van der Waals surface area contributed by atoms with Crippen molar-refractivity contribution in [2.75, 3.05) is 36.3 Å². The van der Waals surface area contributed by atoms with E-state index in [-0.39, 0.29) is 6.04 Å². The van der Waals surface area contributed by atoms with Crippen molar-refractivity contribution in [3.05, 3.63) is 29.5 Å². The molecule has 1 saturated carbocycles. The van der Waals surface area contributed by atoms with Gasteiger partial charge in [-0.05, 0) is 44.7 Å². The van der Waals surface area contributed by atoms with Crippen molar-refractivity contribution < 1.29 is 14.6 Å². The molecule has 0 amide bonds. The molecule has 0 spiro atoms. The summed E-state index contributed by atoms with van der Waals surface area (Å²) in [5.41, 5.74) is 4.49. The third-order valence-corrected chi connectivity index (χ3v) is 9.27. The second-order valence-electron chi connectivity index (χ2n) is 12.0. The van der Waals surface area contributed by atoms with Gasteiger partial charge in [0.25, 0.3) is 0 Å². The Balaban J connectivity index is 1.41. The summed E-state index contributed by atoms with van der Waals surface area (Å²) < 4.78 is 13.4. The maximum absolute atomic E-state index is 11.0. The Kier molecular flexibility index (Phi) is 8.12. The molecule has 206 valence electrons. The van der Waals surface area contributed by atoms with Crippen LogP contribution in [0, 0.1) is 11.8 Å². The van der Waals surface area contributed by atoms with E-state index < -0.39 is 13.7 Å². The lowest BCUT2D eigenvalue weighted by molar-refractivity contribution is 0.0610. The van der Waals surface area contributed by atoms with Gasteiger partial charge in [-0.15, -0.1) is 0 Å². The highest BCUT2D eigenvalue weighted by Crippen LogP contribution is 2.35. The van der Waals surface area contributed by atoms with Crippen molar-refractivity contribution in [3.8, 4) is 11.8 Å². The molecular formula is C28H42N6O3Si. The maximum atomic E-state index is 11.0. The van der Waals surface area contributed by atoms with E-state index in [0.29, 0.717) is 26.5 Å². The Labute approximate surface area is 227 Å². The smallest absolute Gasteiger partial charge is 0.170 e. The minimum Gasteiger partial charge on any atom is -0.378 e. The van der Waals surface area contributed by atoms with Gasteiger partial charge in [-0.3, -0.25) is 0 Å². The van der Waals surface area contributed by atoms with Gasteiger partial charge in [-0.2, -0.15) is 5.10 Å². The number of aliphatic hydroxyl groups is 1. The van der Waals surface area contributed by atoms with E-state index in [9.17, 15) is 5.11 Å². The third-order valence-electron chi connectivity index (χ3n) is 7.56. The molecule has 4 heterocycles. The summed E-state index contributed by atoms with van der Waals surface area (Å²) >= 11 is 0. The molecule has 2 aromatic rings. The van der Waals surface area contributed by atoms with Crippen LogP contribution in [-0.2, 0) is 22.7 Å². The quantitative estimate of drug-likeness (QED) is 0.311. The molecule has 1 aliphatic carbocycles. The number of ether oxygens (including phenoxy) is 2. The zero-order chi connectivity index (χ0) is 26.8. The highest BCUT2D eigenvalue weighted by Gasteiger charge is 2.31. The van der Waals surface area contributed by atoms with Crippen molar-refractivity contribution in [1.29, 1.82) is 0 Å². The van der Waals surface area contributed by atoms with Crippen LogP contribution < -0.4 is 15.3 Å². The molecule has 1 atom stereocenters. The van der Waals surface area contributed by atoms with E-state index in [1.807, 2.05) is 22.0 Å². The summed E-state index contributed by atoms with van der Waals surface area (Å²) in [6.07, 6.45) is 6.64. The molecule has 0 radical (unpaired) electrons. The van der Waals surface area contributed by atoms with Gasteiger partial charge in [-0.1, -0.05) is 37.9 Å². The van der Waals surface area contributed by atoms with Gasteiger partial charge in [0.2, 0.25) is 0 Å². The molecule has 9 nitrogen and oxygen atoms in total. The summed E-state index contributed by atoms with van der Waals surface area (Å²) in [5, 5.41) is 17.7. The van der Waals surface area contributed by atoms with Gasteiger partial charge in [0.15, 0.2) is 11.6 Å². The van der Waals surface area contributed by atoms with Gasteiger partial charge in [-0.25, -0.2) is 20.1 Å². The fourth-order valence-corrected chi connectivity index (χ4v) is 5.93. The molecule has 1 saturated heterocycles. The first kappa shape index (κ1) is 27.2. The molecule has 2 N–H and O–H groups in total. The number of rotatable bonds is 7. The monoisotopic (exact) mass is 538 g/mol. The Hall–Kier alpha value is -2.42. The molecule has 0 unspecified atom stereocenters. The molecule has 38 heavy (non-hydrogen) atoms. The van der Waals surface area contributed by atoms with Gasteiger partial charge in [0.1, 0.15) is 18.1 Å². The van der Waals surface area contributed by atoms with Crippen LogP contribution in [-0.4, -0.2) is 66.0 Å². The lowest BCUT2D eigenvalue weighted by Gasteiger charge is -2.34. The summed E-state index contributed by atoms with van der Waals surface area (Å²) in [4.78, 5) is 7.38. The van der Waals surface area contributed by atoms with Crippen LogP contribution in [0.2, 0.25) is 25.7 Å². The second-order valence-corrected chi connectivity index (χ2v) is 17.6. The van der Waals surface area contributed by atoms with Crippen molar-refractivity contribution in [3.63, 3.8) is 0 Å². The number of anilines is 3. The Bertz CT molecular complexity index is 1180. The molecule has 10 heteroatoms. The van der Waals surface area contributed by atoms with E-state index >= 15 is 0 Å². The van der Waals surface area contributed by atoms with Gasteiger partial charge >= 0.3 is 0 Å². The highest BCUT2D eigenvalue weighted by molar-refractivity contribution is 6.76. The van der Waals surface area contributed by atoms with Crippen molar-refractivity contribution in [2.45, 2.75) is 89.6 Å². The molecule has 2 fully saturated rings. The van der Waals surface area contributed by atoms with Crippen molar-refractivity contribution >= 4 is 25.5 Å². The Morgan fingerprint density at radius 1 is 1.24 bits per heavy atom. The van der Waals surface area contributed by atoms with Crippen molar-refractivity contribution in [1.82, 2.24) is 20.2 Å². The molecule has 0 bridgehead atoms. The number of fused-ring (bicyclic) bond motifs is 1. The van der Waals surface area contributed by atoms with Crippen molar-refractivity contribution in [2.24, 2.45) is 0 Å². The minimum absolute atomic E-state index is 0.216. The van der Waals surface area contributed by atoms with Crippen LogP contribution in [0.25, 0.3) is 0 Å². The maximum Gasteiger partial charge on any atom is 0.170 e. The number of aromatic nitrogens is 3. The standard InChI is InChI=1S/C28H42N6O3Si/c1-22-20-36-15-14-33(22)26-18-23(8-12-28(35)10-6-5-7-11-28)24-19-29-34(27(24)30-26)25-9-13-32(31-25)21-37-16-17-38(2,3)4/h9,13,18,22,29,35H,5-7,10-11,14-17,19-21H2,1-4H3/t22-/m1/s1.